The van der Waals surface area contributed by atoms with Gasteiger partial charge in [0.05, 0.1) is 18.0 Å². The number of anilines is 1. The Morgan fingerprint density at radius 3 is 2.83 bits per heavy atom. The molecule has 9 nitrogen and oxygen atoms in total. The molecule has 0 amide bonds. The number of pyridine rings is 1. The average molecular weight is 582 g/mol. The predicted molar refractivity (Wildman–Crippen MR) is 165 cm³/mol. The summed E-state index contributed by atoms with van der Waals surface area (Å²) in [5, 5.41) is 18.8. The molecule has 6 rings (SSSR count). The van der Waals surface area contributed by atoms with Gasteiger partial charge in [-0.25, -0.2) is 0 Å². The van der Waals surface area contributed by atoms with Gasteiger partial charge in [0.15, 0.2) is 11.6 Å². The second-order valence-electron chi connectivity index (χ2n) is 11.0. The van der Waals surface area contributed by atoms with Crippen LogP contribution in [0.3, 0.4) is 0 Å². The van der Waals surface area contributed by atoms with Crippen molar-refractivity contribution < 1.29 is 9.53 Å². The van der Waals surface area contributed by atoms with E-state index in [0.29, 0.717) is 54.0 Å². The summed E-state index contributed by atoms with van der Waals surface area (Å²) in [4.78, 5) is 29.3. The molecule has 3 unspecified atom stereocenters. The van der Waals surface area contributed by atoms with E-state index in [1.807, 2.05) is 47.4 Å². The number of carbonyl (C=O) groups excluding carboxylic acids is 1. The zero-order chi connectivity index (χ0) is 29.2. The van der Waals surface area contributed by atoms with Gasteiger partial charge in [-0.1, -0.05) is 48.5 Å². The highest BCUT2D eigenvalue weighted by Gasteiger charge is 2.34. The fraction of sp³-hybridized carbons (Fsp3) is 0.344. The van der Waals surface area contributed by atoms with Gasteiger partial charge in [0, 0.05) is 53.4 Å². The number of rotatable bonds is 8. The molecule has 2 aromatic heterocycles. The van der Waals surface area contributed by atoms with Crippen molar-refractivity contribution in [2.45, 2.75) is 50.4 Å². The molecule has 0 bridgehead atoms. The Hall–Kier alpha value is -4.10. The Balaban J connectivity index is 1.47. The molecule has 0 saturated carbocycles. The van der Waals surface area contributed by atoms with Crippen LogP contribution in [0.15, 0.2) is 61.3 Å². The summed E-state index contributed by atoms with van der Waals surface area (Å²) in [6.07, 6.45) is 5.51. The number of hydrogen-bond donors (Lipinski definition) is 2. The lowest BCUT2D eigenvalue weighted by Crippen LogP contribution is -2.59. The molecule has 214 valence electrons. The topological polar surface area (TPSA) is 116 Å². The number of ether oxygens (including phenoxy) is 1. The van der Waals surface area contributed by atoms with E-state index in [9.17, 15) is 10.1 Å². The van der Waals surface area contributed by atoms with Gasteiger partial charge in [-0.05, 0) is 48.9 Å². The van der Waals surface area contributed by atoms with E-state index in [4.69, 9.17) is 31.3 Å². The highest BCUT2D eigenvalue weighted by molar-refractivity contribution is 6.36. The summed E-state index contributed by atoms with van der Waals surface area (Å²) >= 11 is 6.65. The second-order valence-corrected chi connectivity index (χ2v) is 11.4. The van der Waals surface area contributed by atoms with Crippen molar-refractivity contribution in [3.63, 3.8) is 0 Å². The van der Waals surface area contributed by atoms with E-state index in [1.165, 1.54) is 6.08 Å². The van der Waals surface area contributed by atoms with Gasteiger partial charge in [0.25, 0.3) is 0 Å². The minimum Gasteiger partial charge on any atom is -0.462 e. The number of benzene rings is 2. The highest BCUT2D eigenvalue weighted by atomic mass is 35.5. The Labute approximate surface area is 249 Å². The molecule has 2 aromatic carbocycles. The van der Waals surface area contributed by atoms with Crippen LogP contribution in [-0.4, -0.2) is 64.6 Å². The SMILES string of the molecule is C=CC(=O)C1CNC(CC#N)CN1c1nc(OCC2CC[C@@H](C)N2)nc2cc(-c3cccc4cccc(Cl)c34)cnc12. The van der Waals surface area contributed by atoms with Gasteiger partial charge in [-0.15, -0.1) is 0 Å². The monoisotopic (exact) mass is 581 g/mol. The Bertz CT molecular complexity index is 1700. The van der Waals surface area contributed by atoms with Gasteiger partial charge >= 0.3 is 6.01 Å². The van der Waals surface area contributed by atoms with Crippen LogP contribution < -0.4 is 20.3 Å². The number of ketones is 1. The first-order valence-electron chi connectivity index (χ1n) is 14.2. The lowest BCUT2D eigenvalue weighted by Gasteiger charge is -2.39. The van der Waals surface area contributed by atoms with Gasteiger partial charge in [0.2, 0.25) is 0 Å². The van der Waals surface area contributed by atoms with Crippen LogP contribution in [0, 0.1) is 11.3 Å². The average Bonchev–Trinajstić information content (AvgIpc) is 3.43. The summed E-state index contributed by atoms with van der Waals surface area (Å²) in [5.41, 5.74) is 2.92. The number of nitrogens with one attached hydrogen (secondary N) is 2. The predicted octanol–water partition coefficient (Wildman–Crippen LogP) is 4.83. The molecule has 2 aliphatic rings. The quantitative estimate of drug-likeness (QED) is 0.282. The molecule has 4 aromatic rings. The van der Waals surface area contributed by atoms with Crippen LogP contribution in [0.25, 0.3) is 32.9 Å². The van der Waals surface area contributed by atoms with Crippen LogP contribution in [0.1, 0.15) is 26.2 Å². The highest BCUT2D eigenvalue weighted by Crippen LogP contribution is 2.36. The van der Waals surface area contributed by atoms with Crippen molar-refractivity contribution in [3.05, 3.63) is 66.3 Å². The number of aromatic nitrogens is 3. The van der Waals surface area contributed by atoms with E-state index in [-0.39, 0.29) is 23.9 Å². The molecule has 2 fully saturated rings. The van der Waals surface area contributed by atoms with Crippen LogP contribution in [-0.2, 0) is 4.79 Å². The van der Waals surface area contributed by atoms with E-state index >= 15 is 0 Å². The lowest BCUT2D eigenvalue weighted by atomic mass is 9.99. The van der Waals surface area contributed by atoms with Crippen LogP contribution in [0.5, 0.6) is 6.01 Å². The van der Waals surface area contributed by atoms with Gasteiger partial charge in [-0.2, -0.15) is 15.2 Å². The summed E-state index contributed by atoms with van der Waals surface area (Å²) in [5.74, 6) is 0.355. The molecule has 0 spiro atoms. The smallest absolute Gasteiger partial charge is 0.319 e. The molecule has 4 atom stereocenters. The molecule has 0 radical (unpaired) electrons. The van der Waals surface area contributed by atoms with Gasteiger partial charge in [0.1, 0.15) is 18.2 Å². The first-order valence-corrected chi connectivity index (χ1v) is 14.6. The van der Waals surface area contributed by atoms with Crippen LogP contribution >= 0.6 is 11.6 Å². The number of carbonyl (C=O) groups is 1. The van der Waals surface area contributed by atoms with E-state index < -0.39 is 6.04 Å². The lowest BCUT2D eigenvalue weighted by molar-refractivity contribution is -0.116. The maximum Gasteiger partial charge on any atom is 0.319 e. The minimum absolute atomic E-state index is 0.139. The van der Waals surface area contributed by atoms with Crippen molar-refractivity contribution >= 4 is 45.0 Å². The van der Waals surface area contributed by atoms with Gasteiger partial charge in [-0.3, -0.25) is 9.78 Å². The van der Waals surface area contributed by atoms with Crippen molar-refractivity contribution in [1.82, 2.24) is 25.6 Å². The summed E-state index contributed by atoms with van der Waals surface area (Å²) in [6, 6.07) is 16.3. The maximum atomic E-state index is 13.0. The molecular formula is C32H32ClN7O2. The van der Waals surface area contributed by atoms with Crippen LogP contribution in [0.4, 0.5) is 5.82 Å². The van der Waals surface area contributed by atoms with E-state index in [0.717, 1.165) is 34.7 Å². The third-order valence-electron chi connectivity index (χ3n) is 8.08. The third-order valence-corrected chi connectivity index (χ3v) is 8.39. The van der Waals surface area contributed by atoms with Crippen molar-refractivity contribution in [3.8, 4) is 23.2 Å². The standard InChI is InChI=1S/C32H32ClN7O2/c1-3-28(41)27-16-35-22(12-13-34)17-40(27)31-30-26(38-32(39-31)42-18-23-11-10-19(2)37-23)14-21(15-36-30)24-8-4-6-20-7-5-9-25(33)29(20)24/h3-9,14-15,19,22-23,27,35,37H,1,10-12,16-18H2,2H3/t19-,22?,23?,27?/m1/s1. The molecule has 2 saturated heterocycles. The molecule has 2 N–H and O–H groups in total. The fourth-order valence-electron chi connectivity index (χ4n) is 5.95. The number of fused-ring (bicyclic) bond motifs is 2. The first kappa shape index (κ1) is 28.0. The minimum atomic E-state index is -0.556. The first-order chi connectivity index (χ1) is 20.4. The zero-order valence-electron chi connectivity index (χ0n) is 23.4. The Morgan fingerprint density at radius 1 is 1.24 bits per heavy atom. The summed E-state index contributed by atoms with van der Waals surface area (Å²) in [7, 11) is 0. The Kier molecular flexibility index (Phi) is 8.02. The van der Waals surface area contributed by atoms with E-state index in [2.05, 4.69) is 30.2 Å². The number of piperazine rings is 1. The number of hydrogen-bond acceptors (Lipinski definition) is 9. The molecule has 10 heteroatoms. The zero-order valence-corrected chi connectivity index (χ0v) is 24.1. The maximum absolute atomic E-state index is 13.0. The van der Waals surface area contributed by atoms with Crippen molar-refractivity contribution in [1.29, 1.82) is 5.26 Å². The molecule has 0 aliphatic carbocycles. The second kappa shape index (κ2) is 12.0. The molecular weight excluding hydrogens is 550 g/mol. The molecule has 42 heavy (non-hydrogen) atoms. The number of nitriles is 1. The summed E-state index contributed by atoms with van der Waals surface area (Å²) < 4.78 is 6.18. The number of nitrogens with zero attached hydrogens (tertiary/aromatic N) is 5. The van der Waals surface area contributed by atoms with E-state index in [1.54, 1.807) is 6.20 Å². The molecule has 2 aliphatic heterocycles. The van der Waals surface area contributed by atoms with Crippen LogP contribution in [0.2, 0.25) is 5.02 Å². The van der Waals surface area contributed by atoms with Crippen molar-refractivity contribution in [2.75, 3.05) is 24.6 Å². The third kappa shape index (κ3) is 5.53. The van der Waals surface area contributed by atoms with Gasteiger partial charge < -0.3 is 20.3 Å². The largest absolute Gasteiger partial charge is 0.462 e. The normalized spacial score (nSPS) is 22.3. The summed E-state index contributed by atoms with van der Waals surface area (Å²) in [6.45, 7) is 7.05. The molecule has 4 heterocycles. The fourth-order valence-corrected chi connectivity index (χ4v) is 6.23. The van der Waals surface area contributed by atoms with Crippen molar-refractivity contribution in [2.24, 2.45) is 0 Å². The number of halogens is 1. The Morgan fingerprint density at radius 2 is 2.07 bits per heavy atom.